The lowest BCUT2D eigenvalue weighted by Gasteiger charge is -2.34. The van der Waals surface area contributed by atoms with Crippen molar-refractivity contribution in [3.05, 3.63) is 29.3 Å². The molecule has 4 nitrogen and oxygen atoms in total. The molecule has 0 amide bonds. The third-order valence-electron chi connectivity index (χ3n) is 4.96. The van der Waals surface area contributed by atoms with E-state index in [4.69, 9.17) is 0 Å². The zero-order valence-corrected chi connectivity index (χ0v) is 18.1. The molecular weight excluding hydrogens is 344 g/mol. The molecule has 0 unspecified atom stereocenters. The smallest absolute Gasteiger partial charge is 0.243 e. The molecule has 0 spiro atoms. The fraction of sp³-hybridized carbons (Fsp3) is 0.714. The number of piperazine rings is 1. The molecule has 1 aliphatic rings. The Balaban J connectivity index is 2.21. The average molecular weight is 381 g/mol. The molecule has 148 valence electrons. The van der Waals surface area contributed by atoms with Gasteiger partial charge >= 0.3 is 0 Å². The van der Waals surface area contributed by atoms with Gasteiger partial charge in [-0.2, -0.15) is 4.31 Å². The summed E-state index contributed by atoms with van der Waals surface area (Å²) in [5.41, 5.74) is 2.44. The van der Waals surface area contributed by atoms with Crippen LogP contribution in [0.3, 0.4) is 0 Å². The molecule has 0 saturated carbocycles. The summed E-state index contributed by atoms with van der Waals surface area (Å²) in [6.07, 6.45) is 0.916. The van der Waals surface area contributed by atoms with E-state index in [1.807, 2.05) is 12.1 Å². The first-order chi connectivity index (χ1) is 12.1. The van der Waals surface area contributed by atoms with Crippen molar-refractivity contribution in [1.29, 1.82) is 0 Å². The van der Waals surface area contributed by atoms with E-state index in [0.29, 0.717) is 35.7 Å². The minimum absolute atomic E-state index is 0.403. The summed E-state index contributed by atoms with van der Waals surface area (Å²) in [6.45, 7) is 16.9. The Hall–Kier alpha value is -0.910. The fourth-order valence-corrected chi connectivity index (χ4v) is 5.21. The zero-order valence-electron chi connectivity index (χ0n) is 17.3. The van der Waals surface area contributed by atoms with Gasteiger partial charge in [0, 0.05) is 32.7 Å². The van der Waals surface area contributed by atoms with Crippen LogP contribution in [-0.4, -0.2) is 50.3 Å². The van der Waals surface area contributed by atoms with Gasteiger partial charge in [-0.1, -0.05) is 47.6 Å². The lowest BCUT2D eigenvalue weighted by atomic mass is 9.92. The Bertz CT molecular complexity index is 688. The Morgan fingerprint density at radius 3 is 2.04 bits per heavy atom. The largest absolute Gasteiger partial charge is 0.300 e. The molecule has 1 aromatic carbocycles. The first kappa shape index (κ1) is 21.4. The molecular formula is C21H36N2O2S. The van der Waals surface area contributed by atoms with Crippen LogP contribution >= 0.6 is 0 Å². The van der Waals surface area contributed by atoms with E-state index in [9.17, 15) is 8.42 Å². The number of benzene rings is 1. The number of nitrogens with zero attached hydrogens (tertiary/aromatic N) is 2. The number of rotatable bonds is 7. The van der Waals surface area contributed by atoms with E-state index in [1.54, 1.807) is 10.4 Å². The van der Waals surface area contributed by atoms with Gasteiger partial charge in [0.2, 0.25) is 10.0 Å². The van der Waals surface area contributed by atoms with Crippen LogP contribution in [0.2, 0.25) is 0 Å². The summed E-state index contributed by atoms with van der Waals surface area (Å²) in [6, 6.07) is 5.74. The van der Waals surface area contributed by atoms with Gasteiger partial charge in [0.05, 0.1) is 4.90 Å². The van der Waals surface area contributed by atoms with Gasteiger partial charge in [-0.15, -0.1) is 0 Å². The summed E-state index contributed by atoms with van der Waals surface area (Å²) < 4.78 is 27.9. The number of hydrogen-bond acceptors (Lipinski definition) is 3. The summed E-state index contributed by atoms with van der Waals surface area (Å²) in [7, 11) is -3.41. The van der Waals surface area contributed by atoms with Crippen LogP contribution in [0.5, 0.6) is 0 Å². The highest BCUT2D eigenvalue weighted by atomic mass is 32.2. The van der Waals surface area contributed by atoms with Gasteiger partial charge in [-0.05, 0) is 47.4 Å². The first-order valence-electron chi connectivity index (χ1n) is 9.96. The highest BCUT2D eigenvalue weighted by Gasteiger charge is 2.29. The lowest BCUT2D eigenvalue weighted by molar-refractivity contribution is 0.172. The molecule has 26 heavy (non-hydrogen) atoms. The van der Waals surface area contributed by atoms with Crippen molar-refractivity contribution in [2.45, 2.75) is 58.8 Å². The monoisotopic (exact) mass is 380 g/mol. The normalized spacial score (nSPS) is 17.6. The van der Waals surface area contributed by atoms with Crippen LogP contribution < -0.4 is 0 Å². The highest BCUT2D eigenvalue weighted by molar-refractivity contribution is 7.89. The maximum Gasteiger partial charge on any atom is 0.243 e. The van der Waals surface area contributed by atoms with Crippen molar-refractivity contribution in [2.24, 2.45) is 11.8 Å². The standard InChI is InChI=1S/C21H36N2O2S/c1-16(2)13-19-14-20(7-8-21(19)18(5)6)26(24,25)23-11-9-22(10-12-23)15-17(3)4/h7-8,14,16-18H,9-13,15H2,1-6H3. The third kappa shape index (κ3) is 5.30. The molecule has 5 heteroatoms. The van der Waals surface area contributed by atoms with Crippen LogP contribution in [0.4, 0.5) is 0 Å². The van der Waals surface area contributed by atoms with Crippen LogP contribution in [0.15, 0.2) is 23.1 Å². The van der Waals surface area contributed by atoms with Crippen LogP contribution in [0.25, 0.3) is 0 Å². The Morgan fingerprint density at radius 2 is 1.54 bits per heavy atom. The van der Waals surface area contributed by atoms with Crippen molar-refractivity contribution in [1.82, 2.24) is 9.21 Å². The molecule has 1 fully saturated rings. The molecule has 1 aromatic rings. The molecule has 0 atom stereocenters. The SMILES string of the molecule is CC(C)Cc1cc(S(=O)(=O)N2CCN(CC(C)C)CC2)ccc1C(C)C. The highest BCUT2D eigenvalue weighted by Crippen LogP contribution is 2.27. The first-order valence-corrected chi connectivity index (χ1v) is 11.4. The molecule has 0 aromatic heterocycles. The minimum atomic E-state index is -3.41. The van der Waals surface area contributed by atoms with E-state index in [-0.39, 0.29) is 0 Å². The quantitative estimate of drug-likeness (QED) is 0.719. The van der Waals surface area contributed by atoms with Gasteiger partial charge in [0.1, 0.15) is 0 Å². The van der Waals surface area contributed by atoms with Gasteiger partial charge in [0.15, 0.2) is 0 Å². The molecule has 0 N–H and O–H groups in total. The van der Waals surface area contributed by atoms with Crippen molar-refractivity contribution in [2.75, 3.05) is 32.7 Å². The third-order valence-corrected chi connectivity index (χ3v) is 6.85. The molecule has 0 radical (unpaired) electrons. The second-order valence-corrected chi connectivity index (χ2v) is 10.6. The summed E-state index contributed by atoms with van der Waals surface area (Å²) >= 11 is 0. The second kappa shape index (κ2) is 8.85. The zero-order chi connectivity index (χ0) is 19.5. The van der Waals surface area contributed by atoms with Gasteiger partial charge in [0.25, 0.3) is 0 Å². The predicted octanol–water partition coefficient (Wildman–Crippen LogP) is 3.97. The van der Waals surface area contributed by atoms with Crippen LogP contribution in [0.1, 0.15) is 58.6 Å². The Kier molecular flexibility index (Phi) is 7.28. The maximum atomic E-state index is 13.1. The average Bonchev–Trinajstić information content (AvgIpc) is 2.54. The molecule has 2 rings (SSSR count). The molecule has 0 aliphatic carbocycles. The Morgan fingerprint density at radius 1 is 0.923 bits per heavy atom. The summed E-state index contributed by atoms with van der Waals surface area (Å²) in [4.78, 5) is 2.82. The molecule has 1 heterocycles. The molecule has 1 aliphatic heterocycles. The number of sulfonamides is 1. The van der Waals surface area contributed by atoms with E-state index in [2.05, 4.69) is 46.4 Å². The molecule has 1 saturated heterocycles. The van der Waals surface area contributed by atoms with Gasteiger partial charge in [-0.25, -0.2) is 8.42 Å². The van der Waals surface area contributed by atoms with E-state index in [1.165, 1.54) is 11.1 Å². The van der Waals surface area contributed by atoms with Crippen LogP contribution in [-0.2, 0) is 16.4 Å². The lowest BCUT2D eigenvalue weighted by Crippen LogP contribution is -2.49. The number of hydrogen-bond donors (Lipinski definition) is 0. The van der Waals surface area contributed by atoms with Gasteiger partial charge in [-0.3, -0.25) is 0 Å². The van der Waals surface area contributed by atoms with E-state index in [0.717, 1.165) is 26.1 Å². The van der Waals surface area contributed by atoms with E-state index < -0.39 is 10.0 Å². The fourth-order valence-electron chi connectivity index (χ4n) is 3.74. The van der Waals surface area contributed by atoms with Crippen molar-refractivity contribution in [3.8, 4) is 0 Å². The van der Waals surface area contributed by atoms with Crippen molar-refractivity contribution in [3.63, 3.8) is 0 Å². The summed E-state index contributed by atoms with van der Waals surface area (Å²) in [5.74, 6) is 1.52. The van der Waals surface area contributed by atoms with Gasteiger partial charge < -0.3 is 4.90 Å². The minimum Gasteiger partial charge on any atom is -0.300 e. The maximum absolute atomic E-state index is 13.1. The van der Waals surface area contributed by atoms with Crippen molar-refractivity contribution < 1.29 is 8.42 Å². The van der Waals surface area contributed by atoms with Crippen molar-refractivity contribution >= 4 is 10.0 Å². The Labute approximate surface area is 160 Å². The summed E-state index contributed by atoms with van der Waals surface area (Å²) in [5, 5.41) is 0. The predicted molar refractivity (Wildman–Crippen MR) is 109 cm³/mol. The second-order valence-electron chi connectivity index (χ2n) is 8.71. The topological polar surface area (TPSA) is 40.6 Å². The van der Waals surface area contributed by atoms with E-state index >= 15 is 0 Å². The van der Waals surface area contributed by atoms with Crippen LogP contribution in [0, 0.1) is 11.8 Å². The molecule has 0 bridgehead atoms.